The number of rotatable bonds is 6. The van der Waals surface area contributed by atoms with Crippen LogP contribution in [0.25, 0.3) is 0 Å². The Bertz CT molecular complexity index is 832. The van der Waals surface area contributed by atoms with Gasteiger partial charge in [-0.05, 0) is 42.0 Å². The number of hydrogen-bond acceptors (Lipinski definition) is 2. The summed E-state index contributed by atoms with van der Waals surface area (Å²) >= 11 is 5.84. The maximum atomic E-state index is 12.2. The van der Waals surface area contributed by atoms with Gasteiger partial charge in [0.05, 0.1) is 6.61 Å². The van der Waals surface area contributed by atoms with Crippen molar-refractivity contribution in [3.63, 3.8) is 0 Å². The highest BCUT2D eigenvalue weighted by molar-refractivity contribution is 6.30. The summed E-state index contributed by atoms with van der Waals surface area (Å²) in [6, 6.07) is 24.3. The maximum absolute atomic E-state index is 12.2. The quantitative estimate of drug-likeness (QED) is 0.661. The Morgan fingerprint density at radius 2 is 1.68 bits per heavy atom. The van der Waals surface area contributed by atoms with Gasteiger partial charge in [0.1, 0.15) is 5.75 Å². The molecule has 0 atom stereocenters. The van der Waals surface area contributed by atoms with Crippen molar-refractivity contribution in [3.8, 4) is 5.75 Å². The fourth-order valence-corrected chi connectivity index (χ4v) is 2.53. The second-order valence-corrected chi connectivity index (χ2v) is 6.01. The number of anilines is 1. The minimum atomic E-state index is -0.182. The van der Waals surface area contributed by atoms with E-state index in [1.165, 1.54) is 5.56 Å². The molecule has 0 unspecified atom stereocenters. The first-order valence-corrected chi connectivity index (χ1v) is 8.42. The van der Waals surface area contributed by atoms with E-state index in [9.17, 15) is 4.79 Å². The van der Waals surface area contributed by atoms with Crippen molar-refractivity contribution in [1.82, 2.24) is 0 Å². The van der Waals surface area contributed by atoms with Gasteiger partial charge in [-0.2, -0.15) is 0 Å². The third-order valence-electron chi connectivity index (χ3n) is 3.70. The lowest BCUT2D eigenvalue weighted by atomic mass is 10.2. The van der Waals surface area contributed by atoms with Gasteiger partial charge in [-0.1, -0.05) is 48.0 Å². The molecule has 0 saturated carbocycles. The summed E-state index contributed by atoms with van der Waals surface area (Å²) in [6.45, 7) is 0.582. The van der Waals surface area contributed by atoms with Crippen LogP contribution >= 0.6 is 11.6 Å². The molecule has 3 aromatic carbocycles. The van der Waals surface area contributed by atoms with Crippen molar-refractivity contribution in [1.29, 1.82) is 0 Å². The van der Waals surface area contributed by atoms with Crippen LogP contribution in [-0.4, -0.2) is 12.5 Å². The fraction of sp³-hybridized carbons (Fsp3) is 0.0952. The van der Waals surface area contributed by atoms with E-state index in [1.807, 2.05) is 42.5 Å². The van der Waals surface area contributed by atoms with Crippen molar-refractivity contribution >= 4 is 23.2 Å². The molecular weight excluding hydrogens is 334 g/mol. The van der Waals surface area contributed by atoms with Gasteiger partial charge in [0.25, 0.3) is 5.91 Å². The largest absolute Gasteiger partial charge is 0.493 e. The van der Waals surface area contributed by atoms with Crippen LogP contribution in [0.4, 0.5) is 5.69 Å². The summed E-state index contributed by atoms with van der Waals surface area (Å²) in [5.41, 5.74) is 2.48. The van der Waals surface area contributed by atoms with E-state index in [0.717, 1.165) is 12.2 Å². The van der Waals surface area contributed by atoms with Gasteiger partial charge >= 0.3 is 0 Å². The molecule has 126 valence electrons. The molecule has 0 aliphatic heterocycles. The Balaban J connectivity index is 1.57. The van der Waals surface area contributed by atoms with E-state index in [4.69, 9.17) is 16.3 Å². The van der Waals surface area contributed by atoms with E-state index < -0.39 is 0 Å². The minimum Gasteiger partial charge on any atom is -0.493 e. The van der Waals surface area contributed by atoms with Gasteiger partial charge in [-0.15, -0.1) is 0 Å². The lowest BCUT2D eigenvalue weighted by molar-refractivity contribution is 0.102. The molecule has 0 aromatic heterocycles. The molecule has 25 heavy (non-hydrogen) atoms. The lowest BCUT2D eigenvalue weighted by Crippen LogP contribution is -2.11. The first-order chi connectivity index (χ1) is 12.2. The zero-order valence-electron chi connectivity index (χ0n) is 13.6. The predicted molar refractivity (Wildman–Crippen MR) is 101 cm³/mol. The fourth-order valence-electron chi connectivity index (χ4n) is 2.40. The molecule has 4 heteroatoms. The van der Waals surface area contributed by atoms with Crippen molar-refractivity contribution in [2.75, 3.05) is 11.9 Å². The number of amides is 1. The number of carbonyl (C=O) groups is 1. The first-order valence-electron chi connectivity index (χ1n) is 8.04. The Morgan fingerprint density at radius 3 is 2.44 bits per heavy atom. The standard InChI is InChI=1S/C21H18ClNO2/c22-18-11-9-17(10-12-18)21(24)23-19-7-4-8-20(15-19)25-14-13-16-5-2-1-3-6-16/h1-12,15H,13-14H2,(H,23,24). The molecule has 0 fully saturated rings. The molecule has 0 aliphatic carbocycles. The van der Waals surface area contributed by atoms with E-state index in [1.54, 1.807) is 24.3 Å². The number of halogens is 1. The molecule has 0 spiro atoms. The molecule has 0 heterocycles. The molecule has 3 nitrogen and oxygen atoms in total. The normalized spacial score (nSPS) is 10.3. The van der Waals surface area contributed by atoms with Gasteiger partial charge < -0.3 is 10.1 Å². The monoisotopic (exact) mass is 351 g/mol. The molecule has 0 aliphatic rings. The Hall–Kier alpha value is -2.78. The number of benzene rings is 3. The lowest BCUT2D eigenvalue weighted by Gasteiger charge is -2.09. The van der Waals surface area contributed by atoms with E-state index in [-0.39, 0.29) is 5.91 Å². The molecule has 1 amide bonds. The SMILES string of the molecule is O=C(Nc1cccc(OCCc2ccccc2)c1)c1ccc(Cl)cc1. The van der Waals surface area contributed by atoms with Crippen LogP contribution in [0.2, 0.25) is 5.02 Å². The summed E-state index contributed by atoms with van der Waals surface area (Å²) in [5.74, 6) is 0.544. The minimum absolute atomic E-state index is 0.182. The summed E-state index contributed by atoms with van der Waals surface area (Å²) in [7, 11) is 0. The van der Waals surface area contributed by atoms with E-state index >= 15 is 0 Å². The molecule has 0 radical (unpaired) electrons. The van der Waals surface area contributed by atoms with Gasteiger partial charge in [0.15, 0.2) is 0 Å². The number of nitrogens with one attached hydrogen (secondary N) is 1. The van der Waals surface area contributed by atoms with Gasteiger partial charge in [-0.3, -0.25) is 4.79 Å². The maximum Gasteiger partial charge on any atom is 0.255 e. The zero-order valence-corrected chi connectivity index (χ0v) is 14.4. The highest BCUT2D eigenvalue weighted by atomic mass is 35.5. The van der Waals surface area contributed by atoms with Gasteiger partial charge in [0, 0.05) is 28.8 Å². The van der Waals surface area contributed by atoms with Crippen LogP contribution in [0, 0.1) is 0 Å². The summed E-state index contributed by atoms with van der Waals surface area (Å²) in [4.78, 5) is 12.2. The van der Waals surface area contributed by atoms with Crippen LogP contribution in [0.1, 0.15) is 15.9 Å². The average Bonchev–Trinajstić information content (AvgIpc) is 2.63. The van der Waals surface area contributed by atoms with Crippen molar-refractivity contribution < 1.29 is 9.53 Å². The van der Waals surface area contributed by atoms with Gasteiger partial charge in [-0.25, -0.2) is 0 Å². The number of ether oxygens (including phenoxy) is 1. The van der Waals surface area contributed by atoms with Crippen LogP contribution in [0.15, 0.2) is 78.9 Å². The number of hydrogen-bond donors (Lipinski definition) is 1. The first kappa shape index (κ1) is 17.1. The van der Waals surface area contributed by atoms with E-state index in [0.29, 0.717) is 22.9 Å². The van der Waals surface area contributed by atoms with Crippen LogP contribution in [0.3, 0.4) is 0 Å². The van der Waals surface area contributed by atoms with Crippen molar-refractivity contribution in [2.24, 2.45) is 0 Å². The predicted octanol–water partition coefficient (Wildman–Crippen LogP) is 5.21. The molecule has 1 N–H and O–H groups in total. The smallest absolute Gasteiger partial charge is 0.255 e. The highest BCUT2D eigenvalue weighted by Gasteiger charge is 2.06. The molecular formula is C21H18ClNO2. The molecule has 3 rings (SSSR count). The van der Waals surface area contributed by atoms with Gasteiger partial charge in [0.2, 0.25) is 0 Å². The van der Waals surface area contributed by atoms with Crippen LogP contribution in [0.5, 0.6) is 5.75 Å². The average molecular weight is 352 g/mol. The third-order valence-corrected chi connectivity index (χ3v) is 3.95. The Labute approximate surface area is 152 Å². The Kier molecular flexibility index (Phi) is 5.70. The van der Waals surface area contributed by atoms with Crippen LogP contribution < -0.4 is 10.1 Å². The molecule has 3 aromatic rings. The third kappa shape index (κ3) is 5.10. The number of carbonyl (C=O) groups excluding carboxylic acids is 1. The second kappa shape index (κ2) is 8.36. The zero-order chi connectivity index (χ0) is 17.5. The Morgan fingerprint density at radius 1 is 0.920 bits per heavy atom. The summed E-state index contributed by atoms with van der Waals surface area (Å²) in [6.07, 6.45) is 0.836. The van der Waals surface area contributed by atoms with Crippen molar-refractivity contribution in [2.45, 2.75) is 6.42 Å². The van der Waals surface area contributed by atoms with Crippen LogP contribution in [-0.2, 0) is 6.42 Å². The topological polar surface area (TPSA) is 38.3 Å². The van der Waals surface area contributed by atoms with E-state index in [2.05, 4.69) is 17.4 Å². The summed E-state index contributed by atoms with van der Waals surface area (Å²) in [5, 5.41) is 3.47. The molecule has 0 bridgehead atoms. The van der Waals surface area contributed by atoms with Crippen molar-refractivity contribution in [3.05, 3.63) is 95.0 Å². The second-order valence-electron chi connectivity index (χ2n) is 5.57. The highest BCUT2D eigenvalue weighted by Crippen LogP contribution is 2.19. The summed E-state index contributed by atoms with van der Waals surface area (Å²) < 4.78 is 5.78. The molecule has 0 saturated heterocycles.